The molecule has 3 aromatic carbocycles. The van der Waals surface area contributed by atoms with E-state index in [2.05, 4.69) is 25.3 Å². The van der Waals surface area contributed by atoms with Crippen molar-refractivity contribution in [1.82, 2.24) is 29.3 Å². The van der Waals surface area contributed by atoms with Crippen LogP contribution in [0.5, 0.6) is 0 Å². The van der Waals surface area contributed by atoms with Crippen molar-refractivity contribution < 1.29 is 57.2 Å². The van der Waals surface area contributed by atoms with Crippen molar-refractivity contribution in [2.24, 2.45) is 10.9 Å². The first-order valence-corrected chi connectivity index (χ1v) is 23.6. The lowest BCUT2D eigenvalue weighted by Crippen LogP contribution is -2.48. The highest BCUT2D eigenvalue weighted by molar-refractivity contribution is 6.06. The molecule has 0 aliphatic carbocycles. The minimum absolute atomic E-state index is 0.0127. The Morgan fingerprint density at radius 3 is 2.06 bits per heavy atom. The van der Waals surface area contributed by atoms with Crippen LogP contribution in [0, 0.1) is 5.92 Å². The van der Waals surface area contributed by atoms with Crippen molar-refractivity contribution in [1.29, 1.82) is 0 Å². The monoisotopic (exact) mass is 990 g/mol. The molecule has 0 radical (unpaired) electrons. The van der Waals surface area contributed by atoms with Crippen LogP contribution in [0.4, 0.5) is 15.4 Å². The number of carbonyl (C=O) groups excluding carboxylic acids is 6. The maximum Gasteiger partial charge on any atom is 0.435 e. The molecule has 1 aliphatic rings. The third-order valence-corrected chi connectivity index (χ3v) is 11.6. The summed E-state index contributed by atoms with van der Waals surface area (Å²) in [4.78, 5) is 101. The van der Waals surface area contributed by atoms with Crippen molar-refractivity contribution in [2.45, 2.75) is 117 Å². The van der Waals surface area contributed by atoms with Gasteiger partial charge in [0.2, 0.25) is 0 Å². The quantitative estimate of drug-likeness (QED) is 0.0362. The van der Waals surface area contributed by atoms with Crippen LogP contribution < -0.4 is 5.32 Å². The molecule has 3 amide bonds. The third kappa shape index (κ3) is 14.9. The van der Waals surface area contributed by atoms with Gasteiger partial charge in [-0.05, 0) is 70.2 Å². The zero-order valence-electron chi connectivity index (χ0n) is 41.8. The summed E-state index contributed by atoms with van der Waals surface area (Å²) in [6.07, 6.45) is -3.37. The van der Waals surface area contributed by atoms with Gasteiger partial charge in [0.1, 0.15) is 30.5 Å². The number of esters is 3. The number of ether oxygens (including phenoxy) is 6. The molecular weight excluding hydrogens is 929 g/mol. The second kappa shape index (κ2) is 24.9. The van der Waals surface area contributed by atoms with Crippen LogP contribution >= 0.6 is 0 Å². The molecule has 6 atom stereocenters. The average molecular weight is 991 g/mol. The van der Waals surface area contributed by atoms with Crippen molar-refractivity contribution in [3.05, 3.63) is 120 Å². The molecule has 1 fully saturated rings. The number of fused-ring (bicyclic) bond motifs is 1. The fourth-order valence-corrected chi connectivity index (χ4v) is 8.20. The maximum absolute atomic E-state index is 14.7. The van der Waals surface area contributed by atoms with Gasteiger partial charge in [-0.25, -0.2) is 24.5 Å². The number of benzene rings is 3. The minimum atomic E-state index is -1.28. The first-order valence-electron chi connectivity index (χ1n) is 23.6. The Labute approximate surface area is 418 Å². The highest BCUT2D eigenvalue weighted by Crippen LogP contribution is 2.39. The molecule has 382 valence electrons. The van der Waals surface area contributed by atoms with E-state index in [-0.39, 0.29) is 55.9 Å². The summed E-state index contributed by atoms with van der Waals surface area (Å²) in [5, 5.41) is 2.78. The van der Waals surface area contributed by atoms with Crippen LogP contribution in [-0.4, -0.2) is 121 Å². The van der Waals surface area contributed by atoms with Gasteiger partial charge in [-0.1, -0.05) is 85.8 Å². The Morgan fingerprint density at radius 2 is 1.43 bits per heavy atom. The number of rotatable bonds is 19. The van der Waals surface area contributed by atoms with E-state index in [0.29, 0.717) is 17.9 Å². The van der Waals surface area contributed by atoms with E-state index < -0.39 is 78.1 Å². The number of aliphatic imine (C=N–C) groups is 1. The lowest BCUT2D eigenvalue weighted by Gasteiger charge is -2.36. The van der Waals surface area contributed by atoms with Gasteiger partial charge in [0.15, 0.2) is 35.4 Å². The Bertz CT molecular complexity index is 2680. The van der Waals surface area contributed by atoms with E-state index in [9.17, 15) is 28.8 Å². The molecule has 20 heteroatoms. The summed E-state index contributed by atoms with van der Waals surface area (Å²) in [6.45, 7) is 11.4. The van der Waals surface area contributed by atoms with Crippen LogP contribution in [0.2, 0.25) is 0 Å². The van der Waals surface area contributed by atoms with Gasteiger partial charge in [-0.2, -0.15) is 4.99 Å². The molecule has 5 aromatic rings. The molecule has 1 aliphatic heterocycles. The topological polar surface area (TPSA) is 232 Å². The third-order valence-electron chi connectivity index (χ3n) is 11.6. The summed E-state index contributed by atoms with van der Waals surface area (Å²) in [7, 11) is 1.29. The fourth-order valence-electron chi connectivity index (χ4n) is 8.20. The molecule has 20 nitrogen and oxygen atoms in total. The van der Waals surface area contributed by atoms with Crippen LogP contribution in [0.25, 0.3) is 11.2 Å². The zero-order valence-corrected chi connectivity index (χ0v) is 41.8. The van der Waals surface area contributed by atoms with Gasteiger partial charge in [0.25, 0.3) is 5.91 Å². The van der Waals surface area contributed by atoms with E-state index in [4.69, 9.17) is 28.4 Å². The van der Waals surface area contributed by atoms with E-state index in [0.717, 1.165) is 11.1 Å². The summed E-state index contributed by atoms with van der Waals surface area (Å²) in [5.74, 6) is -2.52. The van der Waals surface area contributed by atoms with E-state index in [1.807, 2.05) is 65.6 Å². The molecule has 0 spiro atoms. The molecular formula is C52H62N8O12. The highest BCUT2D eigenvalue weighted by atomic mass is 16.6. The number of nitrogens with zero attached hydrogens (tertiary/aromatic N) is 7. The first-order chi connectivity index (χ1) is 34.4. The number of aromatic nitrogens is 4. The van der Waals surface area contributed by atoms with E-state index >= 15 is 0 Å². The molecule has 0 bridgehead atoms. The predicted molar refractivity (Wildman–Crippen MR) is 263 cm³/mol. The SMILES string of the molecule is COC(=O)[C@@H](C)CC[C@@H](C[C@H]1O[C@@H](n2cnc3c(NC(=O)c4ccccc4)ncnc32)C(OC(C)=O)[C@H]1OC(C)=O)N(CCN(Cc1ccccc1)C(C)=NC(=O)OC(C)(C)C)C(=O)OCc1ccccc1. The average Bonchev–Trinajstić information content (AvgIpc) is 3.92. The first kappa shape index (κ1) is 53.6. The number of carbonyl (C=O) groups is 6. The second-order valence-electron chi connectivity index (χ2n) is 18.3. The number of methoxy groups -OCH3 is 1. The lowest BCUT2D eigenvalue weighted by atomic mass is 9.94. The molecule has 1 saturated heterocycles. The Morgan fingerprint density at radius 1 is 0.806 bits per heavy atom. The summed E-state index contributed by atoms with van der Waals surface area (Å²) >= 11 is 0. The Kier molecular flexibility index (Phi) is 18.5. The van der Waals surface area contributed by atoms with Gasteiger partial charge in [0.05, 0.1) is 19.4 Å². The van der Waals surface area contributed by atoms with Gasteiger partial charge in [-0.3, -0.25) is 23.7 Å². The van der Waals surface area contributed by atoms with Crippen LogP contribution in [0.3, 0.4) is 0 Å². The number of hydrogen-bond acceptors (Lipinski definition) is 15. The summed E-state index contributed by atoms with van der Waals surface area (Å²) in [5.41, 5.74) is 1.58. The molecule has 0 saturated carbocycles. The minimum Gasteiger partial charge on any atom is -0.469 e. The van der Waals surface area contributed by atoms with Gasteiger partial charge in [0, 0.05) is 45.1 Å². The molecule has 72 heavy (non-hydrogen) atoms. The molecule has 1 unspecified atom stereocenters. The largest absolute Gasteiger partial charge is 0.469 e. The fraction of sp³-hybridized carbons (Fsp3) is 0.423. The van der Waals surface area contributed by atoms with Crippen molar-refractivity contribution in [3.8, 4) is 0 Å². The standard InChI is InChI=1S/C52H62N8O12/c1-33(49(64)67-8)24-25-40(59(51(66)68-30-38-20-14-10-15-21-38)27-26-58(29-37-18-12-9-13-19-37)34(2)56-50(65)72-52(5,6)7)28-41-43(69-35(3)61)44(70-36(4)62)48(71-41)60-32-55-42-45(53-31-54-46(42)60)57-47(63)39-22-16-11-17-23-39/h9-23,31-33,40-41,43-44,48H,24-30H2,1-8H3,(H,53,54,57,63)/t33-,40-,41+,43-,44?,48+/m0/s1. The van der Waals surface area contributed by atoms with Crippen LogP contribution in [-0.2, 0) is 56.0 Å². The normalized spacial score (nSPS) is 17.5. The molecule has 6 rings (SSSR count). The Balaban J connectivity index is 1.40. The van der Waals surface area contributed by atoms with Crippen molar-refractivity contribution in [2.75, 3.05) is 25.5 Å². The lowest BCUT2D eigenvalue weighted by molar-refractivity contribution is -0.165. The van der Waals surface area contributed by atoms with Gasteiger partial charge < -0.3 is 43.5 Å². The number of amidine groups is 1. The van der Waals surface area contributed by atoms with Gasteiger partial charge in [-0.15, -0.1) is 0 Å². The van der Waals surface area contributed by atoms with E-state index in [1.54, 1.807) is 65.0 Å². The van der Waals surface area contributed by atoms with E-state index in [1.165, 1.54) is 43.1 Å². The number of nitrogens with one attached hydrogen (secondary N) is 1. The van der Waals surface area contributed by atoms with Gasteiger partial charge >= 0.3 is 30.1 Å². The predicted octanol–water partition coefficient (Wildman–Crippen LogP) is 7.68. The molecule has 2 aromatic heterocycles. The number of hydrogen-bond donors (Lipinski definition) is 1. The molecule has 3 heterocycles. The summed E-state index contributed by atoms with van der Waals surface area (Å²) in [6, 6.07) is 26.4. The van der Waals surface area contributed by atoms with Crippen LogP contribution in [0.15, 0.2) is 109 Å². The number of amides is 3. The highest BCUT2D eigenvalue weighted by Gasteiger charge is 2.52. The van der Waals surface area contributed by atoms with Crippen LogP contribution in [0.1, 0.15) is 95.4 Å². The maximum atomic E-state index is 14.7. The second-order valence-corrected chi connectivity index (χ2v) is 18.3. The summed E-state index contributed by atoms with van der Waals surface area (Å²) < 4.78 is 36.8. The number of anilines is 1. The number of imidazole rings is 1. The Hall–Kier alpha value is -7.74. The van der Waals surface area contributed by atoms with Crippen molar-refractivity contribution >= 4 is 58.8 Å². The van der Waals surface area contributed by atoms with Crippen molar-refractivity contribution in [3.63, 3.8) is 0 Å². The molecule has 1 N–H and O–H groups in total. The smallest absolute Gasteiger partial charge is 0.435 e. The zero-order chi connectivity index (χ0) is 52.0.